The lowest BCUT2D eigenvalue weighted by molar-refractivity contribution is 0.619. The van der Waals surface area contributed by atoms with Crippen LogP contribution in [0, 0.1) is 0 Å². The van der Waals surface area contributed by atoms with Crippen LogP contribution in [-0.2, 0) is 0 Å². The number of hydrogen-bond acceptors (Lipinski definition) is 6. The number of hydrogen-bond donors (Lipinski definition) is 0. The smallest absolute Gasteiger partial charge is 0.227 e. The van der Waals surface area contributed by atoms with E-state index in [0.29, 0.717) is 17.6 Å². The van der Waals surface area contributed by atoms with E-state index in [1.165, 1.54) is 0 Å². The molecule has 0 bridgehead atoms. The Bertz CT molecular complexity index is 3590. The zero-order chi connectivity index (χ0) is 42.4. The summed E-state index contributed by atoms with van der Waals surface area (Å²) in [5.74, 6) is 1.74. The van der Waals surface area contributed by atoms with Gasteiger partial charge in [0.1, 0.15) is 11.0 Å². The van der Waals surface area contributed by atoms with Crippen LogP contribution in [0.5, 0.6) is 0 Å². The molecule has 0 aliphatic carbocycles. The third-order valence-corrected chi connectivity index (χ3v) is 11.8. The van der Waals surface area contributed by atoms with Gasteiger partial charge in [-0.15, -0.1) is 0 Å². The Labute approximate surface area is 368 Å². The highest BCUT2D eigenvalue weighted by Gasteiger charge is 2.20. The third kappa shape index (κ3) is 6.89. The van der Waals surface area contributed by atoms with E-state index in [9.17, 15) is 0 Å². The van der Waals surface area contributed by atoms with E-state index in [2.05, 4.69) is 133 Å². The summed E-state index contributed by atoms with van der Waals surface area (Å²) in [6, 6.07) is 75.1. The molecule has 0 saturated carbocycles. The van der Waals surface area contributed by atoms with Crippen LogP contribution in [0.3, 0.4) is 0 Å². The van der Waals surface area contributed by atoms with E-state index in [0.717, 1.165) is 106 Å². The molecule has 6 nitrogen and oxygen atoms in total. The van der Waals surface area contributed by atoms with Crippen molar-refractivity contribution >= 4 is 33.1 Å². The third-order valence-electron chi connectivity index (χ3n) is 11.8. The molecule has 0 amide bonds. The van der Waals surface area contributed by atoms with Gasteiger partial charge in [0.25, 0.3) is 0 Å². The van der Waals surface area contributed by atoms with Crippen molar-refractivity contribution in [2.45, 2.75) is 0 Å². The molecule has 0 spiro atoms. The van der Waals surface area contributed by atoms with Crippen molar-refractivity contribution in [1.82, 2.24) is 19.9 Å². The van der Waals surface area contributed by atoms with E-state index in [4.69, 9.17) is 28.8 Å². The summed E-state index contributed by atoms with van der Waals surface area (Å²) in [7, 11) is 0. The quantitative estimate of drug-likeness (QED) is 0.152. The van der Waals surface area contributed by atoms with Gasteiger partial charge in [0.15, 0.2) is 17.0 Å². The van der Waals surface area contributed by atoms with Crippen molar-refractivity contribution in [3.05, 3.63) is 218 Å². The Morgan fingerprint density at radius 3 is 1.30 bits per heavy atom. The van der Waals surface area contributed by atoms with Crippen LogP contribution >= 0.6 is 0 Å². The molecule has 12 rings (SSSR count). The van der Waals surface area contributed by atoms with Gasteiger partial charge in [0.2, 0.25) is 11.8 Å². The Balaban J connectivity index is 1.07. The molecule has 0 unspecified atom stereocenters. The Morgan fingerprint density at radius 2 is 0.734 bits per heavy atom. The molecule has 0 aliphatic heterocycles. The van der Waals surface area contributed by atoms with Gasteiger partial charge < -0.3 is 8.83 Å². The van der Waals surface area contributed by atoms with Gasteiger partial charge in [0.05, 0.1) is 11.2 Å². The maximum atomic E-state index is 6.17. The fourth-order valence-electron chi connectivity index (χ4n) is 8.50. The molecule has 0 N–H and O–H groups in total. The zero-order valence-electron chi connectivity index (χ0n) is 34.4. The van der Waals surface area contributed by atoms with E-state index >= 15 is 0 Å². The number of oxazole rings is 2. The molecule has 3 aromatic heterocycles. The van der Waals surface area contributed by atoms with Crippen LogP contribution in [0.1, 0.15) is 0 Å². The highest BCUT2D eigenvalue weighted by molar-refractivity contribution is 6.05. The minimum atomic E-state index is 0.566. The highest BCUT2D eigenvalue weighted by atomic mass is 16.4. The highest BCUT2D eigenvalue weighted by Crippen LogP contribution is 2.41. The summed E-state index contributed by atoms with van der Waals surface area (Å²) in [5.41, 5.74) is 17.2. The molecule has 0 atom stereocenters. The summed E-state index contributed by atoms with van der Waals surface area (Å²) in [6.45, 7) is 0. The van der Waals surface area contributed by atoms with Gasteiger partial charge in [-0.25, -0.2) is 19.9 Å². The van der Waals surface area contributed by atoms with Gasteiger partial charge in [-0.2, -0.15) is 0 Å². The summed E-state index contributed by atoms with van der Waals surface area (Å²) in [6.07, 6.45) is 0. The fourth-order valence-corrected chi connectivity index (χ4v) is 8.50. The fraction of sp³-hybridized carbons (Fsp3) is 0. The van der Waals surface area contributed by atoms with Crippen molar-refractivity contribution in [3.8, 4) is 90.1 Å². The molecule has 3 heterocycles. The first-order valence-electron chi connectivity index (χ1n) is 21.3. The second kappa shape index (κ2) is 15.6. The number of para-hydroxylation sites is 4. The topological polar surface area (TPSA) is 77.8 Å². The Kier molecular flexibility index (Phi) is 9.05. The lowest BCUT2D eigenvalue weighted by Crippen LogP contribution is -1.98. The molecule has 6 heteroatoms. The van der Waals surface area contributed by atoms with Crippen molar-refractivity contribution in [3.63, 3.8) is 0 Å². The summed E-state index contributed by atoms with van der Waals surface area (Å²) >= 11 is 0. The second-order valence-corrected chi connectivity index (χ2v) is 15.8. The minimum absolute atomic E-state index is 0.566. The van der Waals surface area contributed by atoms with Crippen molar-refractivity contribution in [2.24, 2.45) is 0 Å². The molecule has 300 valence electrons. The van der Waals surface area contributed by atoms with Crippen molar-refractivity contribution in [1.29, 1.82) is 0 Å². The predicted octanol–water partition coefficient (Wildman–Crippen LogP) is 15.2. The van der Waals surface area contributed by atoms with Crippen molar-refractivity contribution < 1.29 is 8.83 Å². The van der Waals surface area contributed by atoms with Crippen LogP contribution in [0.4, 0.5) is 0 Å². The summed E-state index contributed by atoms with van der Waals surface area (Å²) < 4.78 is 12.3. The van der Waals surface area contributed by atoms with Crippen LogP contribution in [0.25, 0.3) is 123 Å². The Morgan fingerprint density at radius 1 is 0.281 bits per heavy atom. The number of nitrogens with zero attached hydrogens (tertiary/aromatic N) is 4. The predicted molar refractivity (Wildman–Crippen MR) is 258 cm³/mol. The van der Waals surface area contributed by atoms with Gasteiger partial charge in [-0.1, -0.05) is 146 Å². The first-order valence-corrected chi connectivity index (χ1v) is 21.3. The average Bonchev–Trinajstić information content (AvgIpc) is 4.02. The van der Waals surface area contributed by atoms with Crippen LogP contribution in [-0.4, -0.2) is 19.9 Å². The lowest BCUT2D eigenvalue weighted by Gasteiger charge is -2.16. The van der Waals surface area contributed by atoms with Gasteiger partial charge >= 0.3 is 0 Å². The van der Waals surface area contributed by atoms with Gasteiger partial charge in [0, 0.05) is 33.2 Å². The maximum Gasteiger partial charge on any atom is 0.227 e. The monoisotopic (exact) mass is 820 g/mol. The standard InChI is InChI=1S/C58H36N4O2/c1-3-13-37(14-4-1)43-17-11-19-45(33-43)47-35-48(46-20-12-18-44(34-46)38-15-5-2-6-16-38)55-49(36-47)54(39-25-29-41(30-26-39)57-59-50-21-7-9-23-52(50)63-57)61-56(62-55)40-27-31-42(32-28-40)58-60-51-22-8-10-24-53(51)64-58/h1-36H. The first-order chi connectivity index (χ1) is 31.7. The molecule has 0 fully saturated rings. The number of rotatable bonds is 8. The molecule has 64 heavy (non-hydrogen) atoms. The normalized spacial score (nSPS) is 11.4. The van der Waals surface area contributed by atoms with E-state index in [1.807, 2.05) is 84.9 Å². The lowest BCUT2D eigenvalue weighted by atomic mass is 9.91. The molecule has 0 radical (unpaired) electrons. The zero-order valence-corrected chi connectivity index (χ0v) is 34.4. The molecule has 9 aromatic carbocycles. The minimum Gasteiger partial charge on any atom is -0.436 e. The molecular weight excluding hydrogens is 785 g/mol. The van der Waals surface area contributed by atoms with Crippen LogP contribution in [0.15, 0.2) is 227 Å². The maximum absolute atomic E-state index is 6.17. The Hall–Kier alpha value is -8.74. The van der Waals surface area contributed by atoms with Crippen LogP contribution in [0.2, 0.25) is 0 Å². The first kappa shape index (κ1) is 37.1. The van der Waals surface area contributed by atoms with E-state index in [-0.39, 0.29) is 0 Å². The largest absolute Gasteiger partial charge is 0.436 e. The molecule has 0 saturated heterocycles. The van der Waals surface area contributed by atoms with Gasteiger partial charge in [-0.05, 0) is 112 Å². The average molecular weight is 821 g/mol. The SMILES string of the molecule is c1ccc(-c2cccc(-c3cc(-c4cccc(-c5ccccc5)c4)c4nc(-c5ccc(-c6nc7ccccc7o6)cc5)nc(-c5ccc(-c6nc7ccccc7o6)cc5)c4c3)c2)cc1. The van der Waals surface area contributed by atoms with Crippen molar-refractivity contribution in [2.75, 3.05) is 0 Å². The number of benzene rings is 9. The summed E-state index contributed by atoms with van der Waals surface area (Å²) in [5, 5.41) is 0.934. The number of fused-ring (bicyclic) bond motifs is 3. The molecule has 12 aromatic rings. The molecule has 0 aliphatic rings. The van der Waals surface area contributed by atoms with E-state index < -0.39 is 0 Å². The molecular formula is C58H36N4O2. The van der Waals surface area contributed by atoms with Gasteiger partial charge in [-0.3, -0.25) is 0 Å². The van der Waals surface area contributed by atoms with Crippen LogP contribution < -0.4 is 0 Å². The van der Waals surface area contributed by atoms with E-state index in [1.54, 1.807) is 0 Å². The number of aromatic nitrogens is 4. The summed E-state index contributed by atoms with van der Waals surface area (Å²) in [4.78, 5) is 20.4. The second-order valence-electron chi connectivity index (χ2n) is 15.8.